The average molecular weight is 390 g/mol. The minimum atomic E-state index is -5.76. The second-order valence-electron chi connectivity index (χ2n) is 4.59. The van der Waals surface area contributed by atoms with Gasteiger partial charge in [0.15, 0.2) is 0 Å². The molecule has 0 bridgehead atoms. The van der Waals surface area contributed by atoms with Crippen LogP contribution in [0.4, 0.5) is 4.39 Å². The van der Waals surface area contributed by atoms with Crippen LogP contribution >= 0.6 is 15.2 Å². The van der Waals surface area contributed by atoms with E-state index >= 15 is 0 Å². The van der Waals surface area contributed by atoms with Gasteiger partial charge in [-0.15, -0.1) is 0 Å². The van der Waals surface area contributed by atoms with Gasteiger partial charge in [0.25, 0.3) is 0 Å². The van der Waals surface area contributed by atoms with Crippen molar-refractivity contribution in [2.24, 2.45) is 0 Å². The molecule has 0 heterocycles. The summed E-state index contributed by atoms with van der Waals surface area (Å²) in [5.41, 5.74) is -2.68. The second kappa shape index (κ2) is 7.11. The first-order valence-corrected chi connectivity index (χ1v) is 11.2. The molecule has 0 aliphatic carbocycles. The van der Waals surface area contributed by atoms with Gasteiger partial charge in [-0.25, -0.2) is 4.39 Å². The summed E-state index contributed by atoms with van der Waals surface area (Å²) in [5.74, 6) is 0. The summed E-state index contributed by atoms with van der Waals surface area (Å²) in [6.07, 6.45) is 0.743. The first-order chi connectivity index (χ1) is 10.4. The van der Waals surface area contributed by atoms with Gasteiger partial charge in [0, 0.05) is 0 Å². The Kier molecular flexibility index (Phi) is 6.32. The van der Waals surface area contributed by atoms with E-state index in [0.717, 1.165) is 6.07 Å². The highest BCUT2D eigenvalue weighted by atomic mass is 32.2. The molecular weight excluding hydrogens is 373 g/mol. The van der Waals surface area contributed by atoms with Gasteiger partial charge in [0.05, 0.1) is 4.90 Å². The number of halogens is 1. The zero-order valence-electron chi connectivity index (χ0n) is 12.3. The SMILES string of the molecule is CCc1cccc(S(=O)(=O)OP(=O)(O)C(F)P(=O)(O)O)c1CC. The molecule has 0 spiro atoms. The molecule has 8 nitrogen and oxygen atoms in total. The second-order valence-corrected chi connectivity index (χ2v) is 10.2. The average Bonchev–Trinajstić information content (AvgIpc) is 2.43. The highest BCUT2D eigenvalue weighted by Gasteiger charge is 2.49. The third-order valence-corrected chi connectivity index (χ3v) is 8.42. The van der Waals surface area contributed by atoms with Gasteiger partial charge in [-0.2, -0.15) is 12.4 Å². The summed E-state index contributed by atoms with van der Waals surface area (Å²) in [7, 11) is -16.3. The van der Waals surface area contributed by atoms with E-state index in [0.29, 0.717) is 17.5 Å². The molecule has 1 aromatic rings. The molecule has 23 heavy (non-hydrogen) atoms. The molecule has 0 fully saturated rings. The summed E-state index contributed by atoms with van der Waals surface area (Å²) < 4.78 is 64.0. The maximum atomic E-state index is 13.4. The highest BCUT2D eigenvalue weighted by Crippen LogP contribution is 2.64. The Morgan fingerprint density at radius 1 is 1.17 bits per heavy atom. The van der Waals surface area contributed by atoms with E-state index in [2.05, 4.69) is 3.97 Å². The number of rotatable bonds is 7. The number of aryl methyl sites for hydroxylation is 1. The quantitative estimate of drug-likeness (QED) is 0.602. The molecule has 3 N–H and O–H groups in total. The largest absolute Gasteiger partial charge is 0.389 e. The summed E-state index contributed by atoms with van der Waals surface area (Å²) >= 11 is 0. The lowest BCUT2D eigenvalue weighted by atomic mass is 10.0. The highest BCUT2D eigenvalue weighted by molar-refractivity contribution is 7.92. The van der Waals surface area contributed by atoms with Gasteiger partial charge >= 0.3 is 31.0 Å². The van der Waals surface area contributed by atoms with Crippen LogP contribution in [-0.4, -0.2) is 28.8 Å². The fourth-order valence-corrected chi connectivity index (χ4v) is 6.40. The first kappa shape index (κ1) is 20.4. The van der Waals surface area contributed by atoms with E-state index in [1.807, 2.05) is 0 Å². The molecule has 2 atom stereocenters. The van der Waals surface area contributed by atoms with Crippen molar-refractivity contribution < 1.29 is 40.6 Å². The Hall–Kier alpha value is -0.600. The standard InChI is InChI=1S/C11H17FO8P2S/c1-3-8-6-5-7-10(9(8)4-2)23(18,19)20-22(16,17)11(12)21(13,14)15/h5-7,11H,3-4H2,1-2H3,(H,16,17)(H2,13,14,15). The number of hydrogen-bond acceptors (Lipinski definition) is 5. The van der Waals surface area contributed by atoms with Gasteiger partial charge in [-0.1, -0.05) is 26.0 Å². The van der Waals surface area contributed by atoms with Gasteiger partial charge in [0.2, 0.25) is 0 Å². The minimum Gasteiger partial charge on any atom is -0.322 e. The van der Waals surface area contributed by atoms with Crippen LogP contribution in [-0.2, 0) is 36.1 Å². The van der Waals surface area contributed by atoms with Gasteiger partial charge in [0.1, 0.15) is 0 Å². The maximum absolute atomic E-state index is 13.4. The molecule has 132 valence electrons. The van der Waals surface area contributed by atoms with Crippen molar-refractivity contribution >= 4 is 25.3 Å². The molecule has 0 aliphatic heterocycles. The normalized spacial score (nSPS) is 16.8. The Morgan fingerprint density at radius 2 is 1.74 bits per heavy atom. The summed E-state index contributed by atoms with van der Waals surface area (Å²) in [4.78, 5) is 26.1. The molecule has 1 aromatic carbocycles. The van der Waals surface area contributed by atoms with Crippen molar-refractivity contribution in [2.75, 3.05) is 0 Å². The number of hydrogen-bond donors (Lipinski definition) is 3. The van der Waals surface area contributed by atoms with E-state index < -0.39 is 35.9 Å². The van der Waals surface area contributed by atoms with Crippen LogP contribution in [0.5, 0.6) is 0 Å². The topological polar surface area (TPSA) is 138 Å². The predicted octanol–water partition coefficient (Wildman–Crippen LogP) is 2.13. The Bertz CT molecular complexity index is 772. The lowest BCUT2D eigenvalue weighted by Crippen LogP contribution is -2.13. The van der Waals surface area contributed by atoms with Crippen molar-refractivity contribution in [1.29, 1.82) is 0 Å². The van der Waals surface area contributed by atoms with E-state index in [-0.39, 0.29) is 6.42 Å². The lowest BCUT2D eigenvalue weighted by molar-refractivity contribution is 0.296. The third-order valence-electron chi connectivity index (χ3n) is 2.99. The summed E-state index contributed by atoms with van der Waals surface area (Å²) in [6.45, 7) is 3.42. The molecule has 2 unspecified atom stereocenters. The van der Waals surface area contributed by atoms with Crippen molar-refractivity contribution in [3.05, 3.63) is 29.3 Å². The Labute approximate surface area is 133 Å². The van der Waals surface area contributed by atoms with Crippen LogP contribution < -0.4 is 0 Å². The van der Waals surface area contributed by atoms with Crippen LogP contribution in [0.3, 0.4) is 0 Å². The molecule has 0 amide bonds. The van der Waals surface area contributed by atoms with Gasteiger partial charge in [-0.3, -0.25) is 9.13 Å². The lowest BCUT2D eigenvalue weighted by Gasteiger charge is -2.18. The molecule has 0 saturated heterocycles. The molecule has 1 rings (SSSR count). The van der Waals surface area contributed by atoms with E-state index in [9.17, 15) is 26.8 Å². The van der Waals surface area contributed by atoms with Crippen molar-refractivity contribution in [1.82, 2.24) is 0 Å². The monoisotopic (exact) mass is 390 g/mol. The number of alkyl halides is 1. The summed E-state index contributed by atoms with van der Waals surface area (Å²) in [5, 5.41) is 0. The van der Waals surface area contributed by atoms with Crippen LogP contribution in [0.15, 0.2) is 23.1 Å². The predicted molar refractivity (Wildman–Crippen MR) is 80.2 cm³/mol. The molecule has 0 aromatic heterocycles. The van der Waals surface area contributed by atoms with E-state index in [4.69, 9.17) is 9.79 Å². The Morgan fingerprint density at radius 3 is 2.17 bits per heavy atom. The van der Waals surface area contributed by atoms with E-state index in [1.165, 1.54) is 6.07 Å². The van der Waals surface area contributed by atoms with E-state index in [1.54, 1.807) is 19.9 Å². The van der Waals surface area contributed by atoms with Gasteiger partial charge in [-0.05, 0) is 30.0 Å². The molecular formula is C11H17FO8P2S. The van der Waals surface area contributed by atoms with Crippen molar-refractivity contribution in [3.8, 4) is 0 Å². The van der Waals surface area contributed by atoms with Crippen LogP contribution in [0.2, 0.25) is 0 Å². The first-order valence-electron chi connectivity index (χ1n) is 6.45. The fraction of sp³-hybridized carbons (Fsp3) is 0.455. The van der Waals surface area contributed by atoms with Crippen molar-refractivity contribution in [3.63, 3.8) is 0 Å². The molecule has 0 aliphatic rings. The fourth-order valence-electron chi connectivity index (χ4n) is 1.98. The number of benzene rings is 1. The van der Waals surface area contributed by atoms with Crippen LogP contribution in [0, 0.1) is 0 Å². The van der Waals surface area contributed by atoms with Crippen molar-refractivity contribution in [2.45, 2.75) is 37.2 Å². The van der Waals surface area contributed by atoms with Gasteiger partial charge < -0.3 is 14.7 Å². The Balaban J connectivity index is 3.35. The molecule has 0 radical (unpaired) electrons. The van der Waals surface area contributed by atoms with Crippen LogP contribution in [0.1, 0.15) is 25.0 Å². The smallest absolute Gasteiger partial charge is 0.322 e. The third kappa shape index (κ3) is 4.70. The molecule has 12 heteroatoms. The summed E-state index contributed by atoms with van der Waals surface area (Å²) in [6, 6.07) is 4.15. The molecule has 0 saturated carbocycles. The van der Waals surface area contributed by atoms with Crippen LogP contribution in [0.25, 0.3) is 0 Å². The minimum absolute atomic E-state index is 0.259. The zero-order valence-corrected chi connectivity index (χ0v) is 14.9. The maximum Gasteiger partial charge on any atom is 0.389 e. The zero-order chi connectivity index (χ0) is 18.1.